The Bertz CT molecular complexity index is 1810. The van der Waals surface area contributed by atoms with E-state index in [1.807, 2.05) is 31.0 Å². The first-order valence-electron chi connectivity index (χ1n) is 14.4. The van der Waals surface area contributed by atoms with Gasteiger partial charge in [0.15, 0.2) is 4.80 Å². The number of hydrogen-bond donors (Lipinski definition) is 0. The Balaban J connectivity index is 1.69. The molecular weight excluding hydrogens is 650 g/mol. The number of esters is 1. The van der Waals surface area contributed by atoms with Gasteiger partial charge < -0.3 is 19.3 Å². The van der Waals surface area contributed by atoms with Gasteiger partial charge in [-0.3, -0.25) is 19.5 Å². The highest BCUT2D eigenvalue weighted by Gasteiger charge is 2.36. The van der Waals surface area contributed by atoms with E-state index in [2.05, 4.69) is 20.8 Å². The first-order chi connectivity index (χ1) is 21.2. The minimum Gasteiger partial charge on any atom is -0.496 e. The zero-order valence-corrected chi connectivity index (χ0v) is 27.4. The molecule has 3 aromatic rings. The molecule has 0 radical (unpaired) electrons. The fourth-order valence-electron chi connectivity index (χ4n) is 5.58. The molecule has 1 fully saturated rings. The molecule has 0 spiro atoms. The van der Waals surface area contributed by atoms with Crippen molar-refractivity contribution in [3.63, 3.8) is 0 Å². The Hall–Kier alpha value is -3.81. The van der Waals surface area contributed by atoms with E-state index in [-0.39, 0.29) is 28.3 Å². The van der Waals surface area contributed by atoms with Gasteiger partial charge in [-0.1, -0.05) is 46.7 Å². The van der Waals surface area contributed by atoms with Gasteiger partial charge in [-0.05, 0) is 56.3 Å². The Kier molecular flexibility index (Phi) is 9.66. The number of benzene rings is 2. The van der Waals surface area contributed by atoms with Crippen molar-refractivity contribution in [1.29, 1.82) is 0 Å². The van der Waals surface area contributed by atoms with Gasteiger partial charge in [0, 0.05) is 42.3 Å². The van der Waals surface area contributed by atoms with Gasteiger partial charge in [-0.25, -0.2) is 9.79 Å². The number of anilines is 1. The van der Waals surface area contributed by atoms with Gasteiger partial charge in [-0.2, -0.15) is 0 Å². The van der Waals surface area contributed by atoms with Crippen molar-refractivity contribution < 1.29 is 19.2 Å². The molecule has 3 heterocycles. The third-order valence-corrected chi connectivity index (χ3v) is 9.19. The number of piperazine rings is 1. The van der Waals surface area contributed by atoms with Gasteiger partial charge in [0.05, 0.1) is 34.4 Å². The van der Waals surface area contributed by atoms with E-state index in [9.17, 15) is 19.7 Å². The SMILES string of the molecule is CCCC1=C(C(=O)OCC)[C@@H](c2cc(Br)ccc2OC)n2c(s/c(=C\c3ccc(N4CCN(C)CC4)c([N+](=O)[O-])c3)c2=O)=N1. The molecule has 232 valence electrons. The number of fused-ring (bicyclic) bond motifs is 1. The van der Waals surface area contributed by atoms with Crippen LogP contribution in [0.2, 0.25) is 0 Å². The lowest BCUT2D eigenvalue weighted by molar-refractivity contribution is -0.384. The average Bonchev–Trinajstić information content (AvgIpc) is 3.31. The smallest absolute Gasteiger partial charge is 0.338 e. The van der Waals surface area contributed by atoms with Crippen molar-refractivity contribution in [1.82, 2.24) is 9.47 Å². The van der Waals surface area contributed by atoms with Crippen molar-refractivity contribution >= 4 is 50.7 Å². The van der Waals surface area contributed by atoms with E-state index >= 15 is 0 Å². The van der Waals surface area contributed by atoms with Crippen LogP contribution in [0.15, 0.2) is 61.9 Å². The van der Waals surface area contributed by atoms with Crippen molar-refractivity contribution in [3.8, 4) is 5.75 Å². The number of aromatic nitrogens is 1. The van der Waals surface area contributed by atoms with Crippen LogP contribution in [0.5, 0.6) is 5.75 Å². The summed E-state index contributed by atoms with van der Waals surface area (Å²) in [6.45, 7) is 6.91. The molecule has 2 aliphatic rings. The Labute approximate surface area is 267 Å². The summed E-state index contributed by atoms with van der Waals surface area (Å²) in [7, 11) is 3.57. The highest BCUT2D eigenvalue weighted by Crippen LogP contribution is 2.38. The Morgan fingerprint density at radius 3 is 2.59 bits per heavy atom. The number of ether oxygens (including phenoxy) is 2. The first-order valence-corrected chi connectivity index (χ1v) is 16.0. The molecule has 0 amide bonds. The van der Waals surface area contributed by atoms with Gasteiger partial charge in [0.2, 0.25) is 0 Å². The quantitative estimate of drug-likeness (QED) is 0.189. The van der Waals surface area contributed by atoms with Gasteiger partial charge in [-0.15, -0.1) is 0 Å². The number of rotatable bonds is 9. The maximum absolute atomic E-state index is 14.1. The van der Waals surface area contributed by atoms with E-state index in [0.29, 0.717) is 57.1 Å². The van der Waals surface area contributed by atoms with Gasteiger partial charge in [0.1, 0.15) is 17.5 Å². The van der Waals surface area contributed by atoms with Crippen molar-refractivity contribution in [2.24, 2.45) is 4.99 Å². The molecule has 0 N–H and O–H groups in total. The number of methoxy groups -OCH3 is 1. The minimum absolute atomic E-state index is 0.0114. The number of likely N-dealkylation sites (N-methyl/N-ethyl adjacent to an activating group) is 1. The van der Waals surface area contributed by atoms with E-state index in [4.69, 9.17) is 14.5 Å². The number of nitro groups is 1. The molecule has 2 aromatic carbocycles. The fraction of sp³-hybridized carbons (Fsp3) is 0.387. The van der Waals surface area contributed by atoms with Crippen LogP contribution in [0.1, 0.15) is 43.9 Å². The van der Waals surface area contributed by atoms with Gasteiger partial charge >= 0.3 is 5.97 Å². The number of nitrogens with zero attached hydrogens (tertiary/aromatic N) is 5. The van der Waals surface area contributed by atoms with Crippen molar-refractivity contribution in [2.75, 3.05) is 51.8 Å². The lowest BCUT2D eigenvalue weighted by atomic mass is 9.93. The fourth-order valence-corrected chi connectivity index (χ4v) is 6.98. The molecule has 0 saturated carbocycles. The number of carbonyl (C=O) groups is 1. The number of carbonyl (C=O) groups excluding carboxylic acids is 1. The molecular formula is C31H34BrN5O6S. The van der Waals surface area contributed by atoms with Crippen LogP contribution >= 0.6 is 27.3 Å². The van der Waals surface area contributed by atoms with Crippen LogP contribution in [0, 0.1) is 10.1 Å². The number of thiazole rings is 1. The summed E-state index contributed by atoms with van der Waals surface area (Å²) in [6.07, 6.45) is 2.88. The van der Waals surface area contributed by atoms with E-state index in [1.54, 1.807) is 31.2 Å². The summed E-state index contributed by atoms with van der Waals surface area (Å²) in [6, 6.07) is 9.63. The van der Waals surface area contributed by atoms with Crippen molar-refractivity contribution in [3.05, 3.63) is 93.1 Å². The van der Waals surface area contributed by atoms with Gasteiger partial charge in [0.25, 0.3) is 11.2 Å². The van der Waals surface area contributed by atoms with E-state index in [0.717, 1.165) is 24.0 Å². The largest absolute Gasteiger partial charge is 0.496 e. The summed E-state index contributed by atoms with van der Waals surface area (Å²) in [4.78, 5) is 48.8. The van der Waals surface area contributed by atoms with E-state index < -0.39 is 12.0 Å². The normalized spacial score (nSPS) is 17.3. The third-order valence-electron chi connectivity index (χ3n) is 7.72. The second-order valence-electron chi connectivity index (χ2n) is 10.6. The number of hydrogen-bond acceptors (Lipinski definition) is 10. The maximum atomic E-state index is 14.1. The predicted octanol–water partition coefficient (Wildman–Crippen LogP) is 4.01. The van der Waals surface area contributed by atoms with Crippen LogP contribution in [-0.4, -0.2) is 67.3 Å². The zero-order valence-electron chi connectivity index (χ0n) is 25.0. The average molecular weight is 685 g/mol. The lowest BCUT2D eigenvalue weighted by Crippen LogP contribution is -2.44. The molecule has 1 saturated heterocycles. The molecule has 2 aliphatic heterocycles. The highest BCUT2D eigenvalue weighted by molar-refractivity contribution is 9.10. The van der Waals surface area contributed by atoms with Crippen LogP contribution in [0.4, 0.5) is 11.4 Å². The monoisotopic (exact) mass is 683 g/mol. The van der Waals surface area contributed by atoms with Crippen LogP contribution in [-0.2, 0) is 9.53 Å². The Morgan fingerprint density at radius 2 is 1.93 bits per heavy atom. The number of halogens is 1. The zero-order chi connectivity index (χ0) is 31.5. The molecule has 0 aliphatic carbocycles. The summed E-state index contributed by atoms with van der Waals surface area (Å²) < 4.78 is 13.7. The summed E-state index contributed by atoms with van der Waals surface area (Å²) >= 11 is 4.71. The lowest BCUT2D eigenvalue weighted by Gasteiger charge is -2.33. The summed E-state index contributed by atoms with van der Waals surface area (Å²) in [5.74, 6) is -0.0430. The molecule has 1 aromatic heterocycles. The summed E-state index contributed by atoms with van der Waals surface area (Å²) in [5, 5.41) is 12.1. The minimum atomic E-state index is -0.851. The van der Waals surface area contributed by atoms with Crippen LogP contribution in [0.25, 0.3) is 6.08 Å². The predicted molar refractivity (Wildman–Crippen MR) is 173 cm³/mol. The second kappa shape index (κ2) is 13.4. The topological polar surface area (TPSA) is 120 Å². The Morgan fingerprint density at radius 1 is 1.18 bits per heavy atom. The maximum Gasteiger partial charge on any atom is 0.338 e. The molecule has 13 heteroatoms. The molecule has 5 rings (SSSR count). The summed E-state index contributed by atoms with van der Waals surface area (Å²) in [5.41, 5.74) is 2.15. The molecule has 44 heavy (non-hydrogen) atoms. The van der Waals surface area contributed by atoms with E-state index in [1.165, 1.54) is 29.1 Å². The molecule has 11 nitrogen and oxygen atoms in total. The molecule has 1 atom stereocenters. The number of nitro benzene ring substituents is 1. The van der Waals surface area contributed by atoms with Crippen LogP contribution in [0.3, 0.4) is 0 Å². The van der Waals surface area contributed by atoms with Crippen molar-refractivity contribution in [2.45, 2.75) is 32.7 Å². The standard InChI is InChI=1S/C31H34BrN5O6S/c1-5-7-22-27(30(39)43-6-2)28(21-18-20(32)9-11-25(21)42-4)36-29(38)26(44-31(36)33-22)17-19-8-10-23(24(16-19)37(40)41)35-14-12-34(3)13-15-35/h8-11,16-18,28H,5-7,12-15H2,1-4H3/b26-17-/t28-/m1/s1. The second-order valence-corrected chi connectivity index (χ2v) is 12.5. The molecule has 0 bridgehead atoms. The first kappa shape index (κ1) is 31.6. The molecule has 0 unspecified atom stereocenters. The third kappa shape index (κ3) is 6.21. The van der Waals surface area contributed by atoms with Crippen LogP contribution < -0.4 is 24.5 Å². The number of allylic oxidation sites excluding steroid dienone is 1. The highest BCUT2D eigenvalue weighted by atomic mass is 79.9.